The number of ether oxygens (including phenoxy) is 11. The molecule has 416 valence electrons. The van der Waals surface area contributed by atoms with Gasteiger partial charge in [0.25, 0.3) is 0 Å². The van der Waals surface area contributed by atoms with Gasteiger partial charge in [0.05, 0.1) is 81.7 Å². The lowest BCUT2D eigenvalue weighted by molar-refractivity contribution is -0.150. The molecule has 0 saturated carbocycles. The standard InChI is InChI=1S/C29H47NO9Si.C24H35NO9/c1-19(11-10-12-20(2)31)27-24(38-29(3,4)39-27)17-25(32)30-22-15-21(35-6)16-23(37-18-34-5)26(22)28(33)36-13-14-40(7,8)9;1-14(8-7-9-15(2)26)22-19(33-24(3,4)34-22)12-20(27)25-17-10-16(31-6)11-18(32-13-30-5)21(17)23(28)29/h10-11,15-16,19-20,24,27,31H,12-14,17-18H2,1-9H3,(H,30,32);7-8,10-11,14-15,19,22,26H,9,12-13H2,1-6H3,(H,25,27)(H,28,29)/b11-10-;8-7-/t19?,20-,24+,27-;14?,15-,19+,22-/m11/s1. The van der Waals surface area contributed by atoms with Gasteiger partial charge in [-0.05, 0) is 60.4 Å². The maximum atomic E-state index is 13.3. The minimum atomic E-state index is -1.44. The third kappa shape index (κ3) is 20.9. The van der Waals surface area contributed by atoms with Gasteiger partial charge in [-0.2, -0.15) is 0 Å². The number of aromatic carboxylic acids is 1. The lowest BCUT2D eigenvalue weighted by Gasteiger charge is -2.22. The van der Waals surface area contributed by atoms with E-state index in [2.05, 4.69) is 30.3 Å². The normalized spacial score (nSPS) is 20.7. The van der Waals surface area contributed by atoms with Gasteiger partial charge in [0.15, 0.2) is 25.2 Å². The van der Waals surface area contributed by atoms with Gasteiger partial charge in [-0.1, -0.05) is 57.8 Å². The van der Waals surface area contributed by atoms with Crippen LogP contribution in [0.4, 0.5) is 11.4 Å². The van der Waals surface area contributed by atoms with Crippen LogP contribution in [0.15, 0.2) is 48.6 Å². The van der Waals surface area contributed by atoms with Crippen LogP contribution in [0.2, 0.25) is 25.7 Å². The number of rotatable bonds is 27. The third-order valence-electron chi connectivity index (χ3n) is 11.4. The van der Waals surface area contributed by atoms with Crippen molar-refractivity contribution in [1.82, 2.24) is 0 Å². The molecule has 2 heterocycles. The molecule has 4 rings (SSSR count). The zero-order valence-corrected chi connectivity index (χ0v) is 46.9. The van der Waals surface area contributed by atoms with E-state index in [-0.39, 0.29) is 90.9 Å². The Kier molecular flexibility index (Phi) is 25.0. The number of carbonyl (C=O) groups is 4. The molecule has 8 atom stereocenters. The molecule has 0 aromatic heterocycles. The van der Waals surface area contributed by atoms with E-state index in [1.54, 1.807) is 53.7 Å². The first-order valence-electron chi connectivity index (χ1n) is 24.7. The Bertz CT molecular complexity index is 2210. The lowest BCUT2D eigenvalue weighted by Crippen LogP contribution is -2.32. The number of carboxylic acids is 1. The van der Waals surface area contributed by atoms with E-state index in [0.717, 1.165) is 6.04 Å². The number of aliphatic hydroxyl groups excluding tert-OH is 2. The molecule has 2 aliphatic heterocycles. The van der Waals surface area contributed by atoms with E-state index < -0.39 is 68.0 Å². The summed E-state index contributed by atoms with van der Waals surface area (Å²) < 4.78 is 61.4. The topological polar surface area (TPSA) is 255 Å². The second kappa shape index (κ2) is 29.3. The van der Waals surface area contributed by atoms with E-state index in [0.29, 0.717) is 24.3 Å². The molecular weight excluding hydrogens is 981 g/mol. The first kappa shape index (κ1) is 63.2. The summed E-state index contributed by atoms with van der Waals surface area (Å²) in [5, 5.41) is 34.2. The molecule has 21 heteroatoms. The molecule has 2 saturated heterocycles. The molecular formula is C53H82N2O18Si. The van der Waals surface area contributed by atoms with Crippen LogP contribution in [0.25, 0.3) is 0 Å². The monoisotopic (exact) mass is 1060 g/mol. The lowest BCUT2D eigenvalue weighted by atomic mass is 9.96. The number of amides is 2. The fourth-order valence-electron chi connectivity index (χ4n) is 7.94. The highest BCUT2D eigenvalue weighted by Crippen LogP contribution is 2.39. The number of hydrogen-bond donors (Lipinski definition) is 5. The van der Waals surface area contributed by atoms with Crippen molar-refractivity contribution >= 4 is 43.2 Å². The van der Waals surface area contributed by atoms with E-state index >= 15 is 0 Å². The molecule has 5 N–H and O–H groups in total. The summed E-state index contributed by atoms with van der Waals surface area (Å²) in [6.07, 6.45) is 5.82. The Morgan fingerprint density at radius 3 is 1.43 bits per heavy atom. The molecule has 2 unspecified atom stereocenters. The number of carbonyl (C=O) groups excluding carboxylic acids is 3. The first-order chi connectivity index (χ1) is 34.6. The quantitative estimate of drug-likeness (QED) is 0.0245. The zero-order valence-electron chi connectivity index (χ0n) is 45.9. The predicted octanol–water partition coefficient (Wildman–Crippen LogP) is 8.17. The van der Waals surface area contributed by atoms with Gasteiger partial charge in [-0.15, -0.1) is 0 Å². The second-order valence-electron chi connectivity index (χ2n) is 20.5. The van der Waals surface area contributed by atoms with Crippen LogP contribution in [0.1, 0.15) is 102 Å². The van der Waals surface area contributed by atoms with Crippen molar-refractivity contribution in [2.45, 2.75) is 155 Å². The summed E-state index contributed by atoms with van der Waals surface area (Å²) in [6.45, 7) is 21.1. The van der Waals surface area contributed by atoms with Crippen molar-refractivity contribution in [3.8, 4) is 23.0 Å². The fourth-order valence-corrected chi connectivity index (χ4v) is 8.65. The third-order valence-corrected chi connectivity index (χ3v) is 13.1. The Hall–Kier alpha value is -5.10. The Morgan fingerprint density at radius 1 is 0.662 bits per heavy atom. The first-order valence-corrected chi connectivity index (χ1v) is 28.4. The van der Waals surface area contributed by atoms with E-state index in [4.69, 9.17) is 52.1 Å². The number of benzene rings is 2. The molecule has 2 fully saturated rings. The number of esters is 1. The summed E-state index contributed by atoms with van der Waals surface area (Å²) in [7, 11) is 4.34. The van der Waals surface area contributed by atoms with Gasteiger partial charge in [0, 0.05) is 58.4 Å². The Labute approximate surface area is 437 Å². The summed E-state index contributed by atoms with van der Waals surface area (Å²) in [5.74, 6) is -3.76. The highest BCUT2D eigenvalue weighted by atomic mass is 28.3. The maximum absolute atomic E-state index is 13.3. The molecule has 0 spiro atoms. The van der Waals surface area contributed by atoms with Crippen LogP contribution in [0.3, 0.4) is 0 Å². The molecule has 20 nitrogen and oxygen atoms in total. The average Bonchev–Trinajstić information content (AvgIpc) is 3.78. The van der Waals surface area contributed by atoms with Gasteiger partial charge in [-0.25, -0.2) is 9.59 Å². The van der Waals surface area contributed by atoms with Gasteiger partial charge in [0.2, 0.25) is 11.8 Å². The summed E-state index contributed by atoms with van der Waals surface area (Å²) in [5.41, 5.74) is 0.0911. The summed E-state index contributed by atoms with van der Waals surface area (Å²) in [6, 6.07) is 6.73. The van der Waals surface area contributed by atoms with Crippen LogP contribution < -0.4 is 29.6 Å². The van der Waals surface area contributed by atoms with E-state index in [9.17, 15) is 34.5 Å². The molecule has 2 aromatic carbocycles. The van der Waals surface area contributed by atoms with Crippen molar-refractivity contribution in [2.75, 3.05) is 59.3 Å². The maximum Gasteiger partial charge on any atom is 0.344 e. The predicted molar refractivity (Wildman–Crippen MR) is 280 cm³/mol. The minimum absolute atomic E-state index is 0.000306. The number of methoxy groups -OCH3 is 4. The average molecular weight is 1060 g/mol. The van der Waals surface area contributed by atoms with Crippen molar-refractivity contribution in [2.24, 2.45) is 11.8 Å². The van der Waals surface area contributed by atoms with Crippen LogP contribution in [-0.2, 0) is 42.7 Å². The van der Waals surface area contributed by atoms with Crippen molar-refractivity contribution < 1.29 is 86.6 Å². The van der Waals surface area contributed by atoms with Crippen molar-refractivity contribution in [1.29, 1.82) is 0 Å². The molecule has 0 radical (unpaired) electrons. The summed E-state index contributed by atoms with van der Waals surface area (Å²) in [4.78, 5) is 51.5. The highest BCUT2D eigenvalue weighted by Gasteiger charge is 2.45. The van der Waals surface area contributed by atoms with E-state index in [1.807, 2.05) is 38.2 Å². The fraction of sp³-hybridized carbons (Fsp3) is 0.623. The molecule has 0 aliphatic carbocycles. The van der Waals surface area contributed by atoms with Crippen LogP contribution >= 0.6 is 0 Å². The number of anilines is 2. The van der Waals surface area contributed by atoms with E-state index in [1.165, 1.54) is 40.6 Å². The van der Waals surface area contributed by atoms with Crippen LogP contribution in [0.5, 0.6) is 23.0 Å². The highest BCUT2D eigenvalue weighted by molar-refractivity contribution is 6.76. The molecule has 2 aromatic rings. The SMILES string of the molecule is COCOc1cc(OC)cc(NC(=O)C[C@@H]2OC(C)(C)O[C@@H]2C(C)/C=C\C[C@@H](C)O)c1C(=O)O.COCOc1cc(OC)cc(NC(=O)C[C@@H]2OC(C)(C)O[C@@H]2C(C)/C=C\C[C@@H](C)O)c1C(=O)OCC[Si](C)(C)C. The van der Waals surface area contributed by atoms with Crippen molar-refractivity contribution in [3.63, 3.8) is 0 Å². The van der Waals surface area contributed by atoms with Gasteiger partial charge in [0.1, 0.15) is 34.1 Å². The van der Waals surface area contributed by atoms with Crippen LogP contribution in [-0.4, -0.2) is 144 Å². The molecule has 0 bridgehead atoms. The number of hydrogen-bond acceptors (Lipinski definition) is 17. The number of nitrogens with one attached hydrogen (secondary N) is 2. The second-order valence-corrected chi connectivity index (χ2v) is 26.1. The van der Waals surface area contributed by atoms with Gasteiger partial charge >= 0.3 is 11.9 Å². The van der Waals surface area contributed by atoms with Crippen LogP contribution in [0, 0.1) is 11.8 Å². The Balaban J connectivity index is 0.000000395. The molecule has 2 amide bonds. The smallest absolute Gasteiger partial charge is 0.344 e. The summed E-state index contributed by atoms with van der Waals surface area (Å²) >= 11 is 0. The van der Waals surface area contributed by atoms with Crippen molar-refractivity contribution in [3.05, 3.63) is 59.7 Å². The van der Waals surface area contributed by atoms with Gasteiger partial charge < -0.3 is 78.1 Å². The molecule has 2 aliphatic rings. The van der Waals surface area contributed by atoms with Gasteiger partial charge in [-0.3, -0.25) is 9.59 Å². The Morgan fingerprint density at radius 2 is 1.07 bits per heavy atom. The minimum Gasteiger partial charge on any atom is -0.497 e. The largest absolute Gasteiger partial charge is 0.497 e. The molecule has 74 heavy (non-hydrogen) atoms. The number of aliphatic hydroxyl groups is 2. The number of carboxylic acid groups (broad SMARTS) is 1. The zero-order chi connectivity index (χ0) is 55.6.